The molecule has 0 heterocycles. The molecule has 126 valence electrons. The maximum Gasteiger partial charge on any atom is 0.357 e. The number of esters is 1. The van der Waals surface area contributed by atoms with Crippen LogP contribution in [0.1, 0.15) is 31.9 Å². The van der Waals surface area contributed by atoms with Crippen molar-refractivity contribution in [3.63, 3.8) is 0 Å². The van der Waals surface area contributed by atoms with E-state index in [9.17, 15) is 9.36 Å². The van der Waals surface area contributed by atoms with E-state index in [2.05, 4.69) is 15.9 Å². The number of ether oxygens (including phenoxy) is 1. The fourth-order valence-corrected chi connectivity index (χ4v) is 6.25. The van der Waals surface area contributed by atoms with Crippen molar-refractivity contribution in [2.24, 2.45) is 0 Å². The summed E-state index contributed by atoms with van der Waals surface area (Å²) in [7, 11) is -3.86. The minimum Gasteiger partial charge on any atom is -0.465 e. The van der Waals surface area contributed by atoms with Gasteiger partial charge in [0, 0.05) is 4.48 Å². The van der Waals surface area contributed by atoms with Gasteiger partial charge in [-0.25, -0.2) is 4.79 Å². The SMILES string of the molecule is CCOC(=O)C1(P(=O)(OCC)OCC)C(Br)=Cc2ccccc21. The fourth-order valence-electron chi connectivity index (χ4n) is 2.73. The van der Waals surface area contributed by atoms with Crippen LogP contribution in [-0.4, -0.2) is 25.8 Å². The van der Waals surface area contributed by atoms with Crippen LogP contribution in [0.2, 0.25) is 0 Å². The number of hydrogen-bond donors (Lipinski definition) is 0. The van der Waals surface area contributed by atoms with E-state index in [1.165, 1.54) is 0 Å². The Hall–Kier alpha value is -0.940. The lowest BCUT2D eigenvalue weighted by Crippen LogP contribution is -2.38. The fraction of sp³-hybridized carbons (Fsp3) is 0.438. The first-order valence-corrected chi connectivity index (χ1v) is 9.85. The standard InChI is InChI=1S/C16H20BrO5P/c1-4-20-15(18)16(23(19,21-5-2)22-6-3)13-10-8-7-9-12(13)11-14(16)17/h7-11H,4-6H2,1-3H3. The van der Waals surface area contributed by atoms with Crippen LogP contribution in [0.25, 0.3) is 6.08 Å². The first-order chi connectivity index (χ1) is 11.0. The molecule has 23 heavy (non-hydrogen) atoms. The monoisotopic (exact) mass is 402 g/mol. The van der Waals surface area contributed by atoms with Crippen molar-refractivity contribution in [1.29, 1.82) is 0 Å². The van der Waals surface area contributed by atoms with Gasteiger partial charge < -0.3 is 13.8 Å². The van der Waals surface area contributed by atoms with Crippen LogP contribution in [0.4, 0.5) is 0 Å². The molecule has 0 aliphatic heterocycles. The number of carbonyl (C=O) groups excluding carboxylic acids is 1. The molecule has 0 saturated carbocycles. The van der Waals surface area contributed by atoms with Gasteiger partial charge in [0.05, 0.1) is 19.8 Å². The molecule has 0 aromatic heterocycles. The number of fused-ring (bicyclic) bond motifs is 1. The van der Waals surface area contributed by atoms with E-state index in [0.717, 1.165) is 5.56 Å². The van der Waals surface area contributed by atoms with Crippen molar-refractivity contribution in [2.45, 2.75) is 25.9 Å². The maximum atomic E-state index is 13.6. The molecule has 0 saturated heterocycles. The molecular formula is C16H20BrO5P. The Labute approximate surface area is 144 Å². The average Bonchev–Trinajstić information content (AvgIpc) is 2.81. The van der Waals surface area contributed by atoms with Gasteiger partial charge in [-0.15, -0.1) is 0 Å². The number of benzene rings is 1. The molecule has 1 aliphatic rings. The molecule has 1 aliphatic carbocycles. The molecular weight excluding hydrogens is 383 g/mol. The molecule has 0 bridgehead atoms. The summed E-state index contributed by atoms with van der Waals surface area (Å²) in [5.74, 6) is -0.640. The van der Waals surface area contributed by atoms with Crippen LogP contribution in [0.3, 0.4) is 0 Å². The highest BCUT2D eigenvalue weighted by molar-refractivity contribution is 9.12. The van der Waals surface area contributed by atoms with E-state index in [-0.39, 0.29) is 19.8 Å². The Balaban J connectivity index is 2.75. The van der Waals surface area contributed by atoms with Crippen molar-refractivity contribution >= 4 is 35.6 Å². The quantitative estimate of drug-likeness (QED) is 0.497. The smallest absolute Gasteiger partial charge is 0.357 e. The molecule has 1 aromatic rings. The summed E-state index contributed by atoms with van der Waals surface area (Å²) in [5, 5.41) is -1.62. The summed E-state index contributed by atoms with van der Waals surface area (Å²) in [6, 6.07) is 7.24. The predicted octanol–water partition coefficient (Wildman–Crippen LogP) is 4.46. The largest absolute Gasteiger partial charge is 0.465 e. The van der Waals surface area contributed by atoms with E-state index in [0.29, 0.717) is 10.0 Å². The van der Waals surface area contributed by atoms with Gasteiger partial charge in [-0.2, -0.15) is 0 Å². The van der Waals surface area contributed by atoms with Gasteiger partial charge in [-0.3, -0.25) is 4.57 Å². The molecule has 0 N–H and O–H groups in total. The van der Waals surface area contributed by atoms with Crippen LogP contribution in [0.5, 0.6) is 0 Å². The van der Waals surface area contributed by atoms with Gasteiger partial charge in [0.15, 0.2) is 0 Å². The average molecular weight is 403 g/mol. The van der Waals surface area contributed by atoms with Crippen molar-refractivity contribution in [3.8, 4) is 0 Å². The van der Waals surface area contributed by atoms with Crippen molar-refractivity contribution in [3.05, 3.63) is 39.9 Å². The molecule has 1 atom stereocenters. The minimum absolute atomic E-state index is 0.154. The van der Waals surface area contributed by atoms with E-state index < -0.39 is 18.7 Å². The normalized spacial score (nSPS) is 20.1. The first kappa shape index (κ1) is 18.4. The summed E-state index contributed by atoms with van der Waals surface area (Å²) >= 11 is 3.42. The van der Waals surface area contributed by atoms with Crippen molar-refractivity contribution < 1.29 is 23.1 Å². The number of hydrogen-bond acceptors (Lipinski definition) is 5. The van der Waals surface area contributed by atoms with Gasteiger partial charge in [-0.1, -0.05) is 40.2 Å². The number of rotatable bonds is 7. The van der Waals surface area contributed by atoms with Crippen LogP contribution < -0.4 is 0 Å². The van der Waals surface area contributed by atoms with Gasteiger partial charge in [0.1, 0.15) is 0 Å². The summed E-state index contributed by atoms with van der Waals surface area (Å²) in [5.41, 5.74) is 1.35. The summed E-state index contributed by atoms with van der Waals surface area (Å²) < 4.78 is 30.3. The Morgan fingerprint density at radius 1 is 1.13 bits per heavy atom. The third kappa shape index (κ3) is 2.82. The van der Waals surface area contributed by atoms with Gasteiger partial charge in [0.2, 0.25) is 5.16 Å². The highest BCUT2D eigenvalue weighted by atomic mass is 79.9. The zero-order chi connectivity index (χ0) is 17.1. The third-order valence-electron chi connectivity index (χ3n) is 3.56. The van der Waals surface area contributed by atoms with Crippen molar-refractivity contribution in [2.75, 3.05) is 19.8 Å². The molecule has 0 spiro atoms. The highest BCUT2D eigenvalue weighted by Crippen LogP contribution is 2.72. The lowest BCUT2D eigenvalue weighted by molar-refractivity contribution is -0.145. The third-order valence-corrected chi connectivity index (χ3v) is 7.37. The van der Waals surface area contributed by atoms with E-state index in [4.69, 9.17) is 13.8 Å². The minimum atomic E-state index is -3.86. The van der Waals surface area contributed by atoms with Crippen LogP contribution in [0, 0.1) is 0 Å². The molecule has 0 radical (unpaired) electrons. The van der Waals surface area contributed by atoms with Gasteiger partial charge >= 0.3 is 13.6 Å². The van der Waals surface area contributed by atoms with Crippen LogP contribution in [-0.2, 0) is 28.3 Å². The Morgan fingerprint density at radius 3 is 2.30 bits per heavy atom. The molecule has 1 unspecified atom stereocenters. The van der Waals surface area contributed by atoms with E-state index in [1.807, 2.05) is 12.1 Å². The summed E-state index contributed by atoms with van der Waals surface area (Å²) in [6.45, 7) is 5.60. The number of halogens is 1. The molecule has 2 rings (SSSR count). The molecule has 7 heteroatoms. The Kier molecular flexibility index (Phi) is 5.84. The zero-order valence-electron chi connectivity index (χ0n) is 13.4. The van der Waals surface area contributed by atoms with Crippen LogP contribution >= 0.6 is 23.5 Å². The summed E-state index contributed by atoms with van der Waals surface area (Å²) in [4.78, 5) is 12.9. The van der Waals surface area contributed by atoms with Crippen LogP contribution in [0.15, 0.2) is 28.7 Å². The Bertz CT molecular complexity index is 662. The van der Waals surface area contributed by atoms with Gasteiger partial charge in [-0.05, 0) is 38.0 Å². The van der Waals surface area contributed by atoms with Crippen molar-refractivity contribution in [1.82, 2.24) is 0 Å². The molecule has 1 aromatic carbocycles. The second kappa shape index (κ2) is 7.31. The lowest BCUT2D eigenvalue weighted by Gasteiger charge is -2.35. The molecule has 0 amide bonds. The maximum absolute atomic E-state index is 13.6. The second-order valence-electron chi connectivity index (χ2n) is 4.84. The molecule has 5 nitrogen and oxygen atoms in total. The first-order valence-electron chi connectivity index (χ1n) is 7.51. The van der Waals surface area contributed by atoms with E-state index in [1.54, 1.807) is 39.0 Å². The second-order valence-corrected chi connectivity index (χ2v) is 7.88. The predicted molar refractivity (Wildman–Crippen MR) is 92.5 cm³/mol. The zero-order valence-corrected chi connectivity index (χ0v) is 15.9. The topological polar surface area (TPSA) is 61.8 Å². The molecule has 0 fully saturated rings. The Morgan fingerprint density at radius 2 is 1.74 bits per heavy atom. The summed E-state index contributed by atoms with van der Waals surface area (Å²) in [6.07, 6.45) is 1.76. The lowest BCUT2D eigenvalue weighted by atomic mass is 10.00. The van der Waals surface area contributed by atoms with E-state index >= 15 is 0 Å². The number of carbonyl (C=O) groups is 1. The van der Waals surface area contributed by atoms with Gasteiger partial charge in [0.25, 0.3) is 0 Å². The highest BCUT2D eigenvalue weighted by Gasteiger charge is 2.64.